The van der Waals surface area contributed by atoms with E-state index in [1.807, 2.05) is 11.9 Å². The lowest BCUT2D eigenvalue weighted by Crippen LogP contribution is -2.55. The molecule has 1 unspecified atom stereocenters. The largest absolute Gasteiger partial charge is 0.459 e. The number of hydrogen-bond acceptors (Lipinski definition) is 4. The average molecular weight is 356 g/mol. The second-order valence-corrected chi connectivity index (χ2v) is 6.38. The van der Waals surface area contributed by atoms with Crippen molar-refractivity contribution in [1.82, 2.24) is 15.1 Å². The fraction of sp³-hybridized carbons (Fsp3) is 0.647. The maximum atomic E-state index is 12.9. The summed E-state index contributed by atoms with van der Waals surface area (Å²) in [5.41, 5.74) is 0. The van der Waals surface area contributed by atoms with Crippen molar-refractivity contribution in [2.75, 3.05) is 26.7 Å². The zero-order chi connectivity index (χ0) is 16.2. The minimum Gasteiger partial charge on any atom is -0.459 e. The van der Waals surface area contributed by atoms with E-state index in [0.29, 0.717) is 18.3 Å². The van der Waals surface area contributed by atoms with Gasteiger partial charge in [0, 0.05) is 25.7 Å². The van der Waals surface area contributed by atoms with Crippen molar-refractivity contribution >= 4 is 24.2 Å². The number of nitrogens with one attached hydrogen (secondary N) is 1. The maximum Gasteiger partial charge on any atom is 0.290 e. The molecule has 7 heteroatoms. The third-order valence-electron chi connectivity index (χ3n) is 5.00. The molecule has 2 saturated heterocycles. The van der Waals surface area contributed by atoms with Crippen LogP contribution >= 0.6 is 12.4 Å². The van der Waals surface area contributed by atoms with E-state index in [1.165, 1.54) is 6.26 Å². The van der Waals surface area contributed by atoms with Gasteiger partial charge in [-0.1, -0.05) is 0 Å². The van der Waals surface area contributed by atoms with Gasteiger partial charge in [0.2, 0.25) is 5.91 Å². The molecule has 0 aliphatic carbocycles. The molecule has 1 aromatic heterocycles. The summed E-state index contributed by atoms with van der Waals surface area (Å²) in [5, 5.41) is 3.27. The van der Waals surface area contributed by atoms with Crippen LogP contribution in [0.3, 0.4) is 0 Å². The van der Waals surface area contributed by atoms with Crippen LogP contribution in [-0.4, -0.2) is 60.4 Å². The Morgan fingerprint density at radius 3 is 2.54 bits per heavy atom. The predicted molar refractivity (Wildman–Crippen MR) is 93.3 cm³/mol. The molecule has 6 nitrogen and oxygen atoms in total. The highest BCUT2D eigenvalue weighted by molar-refractivity contribution is 5.95. The molecule has 0 spiro atoms. The monoisotopic (exact) mass is 355 g/mol. The molecule has 2 aliphatic heterocycles. The highest BCUT2D eigenvalue weighted by Gasteiger charge is 2.36. The van der Waals surface area contributed by atoms with Crippen molar-refractivity contribution in [3.63, 3.8) is 0 Å². The summed E-state index contributed by atoms with van der Waals surface area (Å²) in [6.07, 6.45) is 6.12. The first-order valence-electron chi connectivity index (χ1n) is 8.51. The molecular weight excluding hydrogens is 330 g/mol. The molecule has 0 saturated carbocycles. The smallest absolute Gasteiger partial charge is 0.290 e. The highest BCUT2D eigenvalue weighted by atomic mass is 35.5. The van der Waals surface area contributed by atoms with Crippen LogP contribution in [0.25, 0.3) is 0 Å². The zero-order valence-corrected chi connectivity index (χ0v) is 14.9. The van der Waals surface area contributed by atoms with Gasteiger partial charge < -0.3 is 19.5 Å². The first kappa shape index (κ1) is 18.8. The maximum absolute atomic E-state index is 12.9. The second kappa shape index (κ2) is 8.53. The van der Waals surface area contributed by atoms with E-state index in [0.717, 1.165) is 45.2 Å². The summed E-state index contributed by atoms with van der Waals surface area (Å²) in [5.74, 6) is 0.246. The van der Waals surface area contributed by atoms with E-state index < -0.39 is 0 Å². The van der Waals surface area contributed by atoms with Gasteiger partial charge in [-0.25, -0.2) is 0 Å². The van der Waals surface area contributed by atoms with Crippen molar-refractivity contribution in [3.05, 3.63) is 24.2 Å². The van der Waals surface area contributed by atoms with Crippen LogP contribution in [0.4, 0.5) is 0 Å². The van der Waals surface area contributed by atoms with Gasteiger partial charge in [0.15, 0.2) is 5.76 Å². The SMILES string of the molecule is CNC1CCN(C(=O)C2CCCCN2C(=O)c2ccco2)CC1.Cl. The number of likely N-dealkylation sites (tertiary alicyclic amines) is 2. The Morgan fingerprint density at radius 1 is 1.17 bits per heavy atom. The van der Waals surface area contributed by atoms with Crippen LogP contribution in [0.2, 0.25) is 0 Å². The van der Waals surface area contributed by atoms with E-state index >= 15 is 0 Å². The normalized spacial score (nSPS) is 22.1. The quantitative estimate of drug-likeness (QED) is 0.899. The molecule has 2 aliphatic rings. The molecule has 1 aromatic rings. The Kier molecular flexibility index (Phi) is 6.69. The molecule has 2 fully saturated rings. The van der Waals surface area contributed by atoms with Crippen LogP contribution < -0.4 is 5.32 Å². The van der Waals surface area contributed by atoms with Crippen molar-refractivity contribution in [2.45, 2.75) is 44.2 Å². The van der Waals surface area contributed by atoms with E-state index in [2.05, 4.69) is 5.32 Å². The molecule has 2 amide bonds. The van der Waals surface area contributed by atoms with E-state index in [1.54, 1.807) is 17.0 Å². The van der Waals surface area contributed by atoms with Crippen LogP contribution in [-0.2, 0) is 4.79 Å². The number of carbonyl (C=O) groups excluding carboxylic acids is 2. The van der Waals surface area contributed by atoms with Gasteiger partial charge in [-0.15, -0.1) is 12.4 Å². The molecule has 0 radical (unpaired) electrons. The number of nitrogens with zero attached hydrogens (tertiary/aromatic N) is 2. The lowest BCUT2D eigenvalue weighted by molar-refractivity contribution is -0.138. The average Bonchev–Trinajstić information content (AvgIpc) is 3.15. The molecule has 1 atom stereocenters. The Hall–Kier alpha value is -1.53. The number of amides is 2. The molecular formula is C17H26ClN3O3. The van der Waals surface area contributed by atoms with Crippen LogP contribution in [0.15, 0.2) is 22.8 Å². The summed E-state index contributed by atoms with van der Waals surface area (Å²) in [6, 6.07) is 3.52. The Balaban J connectivity index is 0.00000208. The number of furan rings is 1. The highest BCUT2D eigenvalue weighted by Crippen LogP contribution is 2.23. The minimum absolute atomic E-state index is 0. The Labute approximate surface area is 149 Å². The van der Waals surface area contributed by atoms with E-state index in [9.17, 15) is 9.59 Å². The predicted octanol–water partition coefficient (Wildman–Crippen LogP) is 1.91. The summed E-state index contributed by atoms with van der Waals surface area (Å²) >= 11 is 0. The summed E-state index contributed by atoms with van der Waals surface area (Å²) in [7, 11) is 1.97. The first-order chi connectivity index (χ1) is 11.2. The van der Waals surface area contributed by atoms with E-state index in [-0.39, 0.29) is 30.3 Å². The molecule has 134 valence electrons. The third-order valence-corrected chi connectivity index (χ3v) is 5.00. The van der Waals surface area contributed by atoms with Gasteiger partial charge >= 0.3 is 0 Å². The standard InChI is InChI=1S/C17H25N3O3.ClH/c1-18-13-7-10-19(11-8-13)16(21)14-5-2-3-9-20(14)17(22)15-6-4-12-23-15;/h4,6,12-14,18H,2-3,5,7-11H2,1H3;1H. The minimum atomic E-state index is -0.340. The Morgan fingerprint density at radius 2 is 1.92 bits per heavy atom. The number of hydrogen-bond donors (Lipinski definition) is 1. The molecule has 0 bridgehead atoms. The van der Waals surface area contributed by atoms with Crippen LogP contribution in [0, 0.1) is 0 Å². The number of carbonyl (C=O) groups is 2. The first-order valence-corrected chi connectivity index (χ1v) is 8.51. The number of piperidine rings is 2. The fourth-order valence-electron chi connectivity index (χ4n) is 3.57. The van der Waals surface area contributed by atoms with Gasteiger partial charge in [0.05, 0.1) is 6.26 Å². The molecule has 3 rings (SSSR count). The lowest BCUT2D eigenvalue weighted by atomic mass is 9.98. The summed E-state index contributed by atoms with van der Waals surface area (Å²) < 4.78 is 5.23. The van der Waals surface area contributed by atoms with Crippen molar-refractivity contribution in [1.29, 1.82) is 0 Å². The Bertz CT molecular complexity index is 541. The van der Waals surface area contributed by atoms with Gasteiger partial charge in [0.25, 0.3) is 5.91 Å². The van der Waals surface area contributed by atoms with Gasteiger partial charge in [-0.3, -0.25) is 9.59 Å². The van der Waals surface area contributed by atoms with Crippen molar-refractivity contribution in [2.24, 2.45) is 0 Å². The molecule has 0 aromatic carbocycles. The molecule has 1 N–H and O–H groups in total. The second-order valence-electron chi connectivity index (χ2n) is 6.38. The summed E-state index contributed by atoms with van der Waals surface area (Å²) in [4.78, 5) is 29.1. The lowest BCUT2D eigenvalue weighted by Gasteiger charge is -2.39. The van der Waals surface area contributed by atoms with Gasteiger partial charge in [-0.2, -0.15) is 0 Å². The topological polar surface area (TPSA) is 65.8 Å². The van der Waals surface area contributed by atoms with Crippen LogP contribution in [0.5, 0.6) is 0 Å². The van der Waals surface area contributed by atoms with Gasteiger partial charge in [-0.05, 0) is 51.3 Å². The fourth-order valence-corrected chi connectivity index (χ4v) is 3.57. The van der Waals surface area contributed by atoms with Crippen LogP contribution in [0.1, 0.15) is 42.7 Å². The summed E-state index contributed by atoms with van der Waals surface area (Å²) in [6.45, 7) is 2.16. The number of rotatable bonds is 3. The van der Waals surface area contributed by atoms with E-state index in [4.69, 9.17) is 4.42 Å². The molecule has 24 heavy (non-hydrogen) atoms. The van der Waals surface area contributed by atoms with Crippen molar-refractivity contribution < 1.29 is 14.0 Å². The van der Waals surface area contributed by atoms with Crippen molar-refractivity contribution in [3.8, 4) is 0 Å². The molecule has 3 heterocycles. The van der Waals surface area contributed by atoms with Gasteiger partial charge in [0.1, 0.15) is 6.04 Å². The zero-order valence-electron chi connectivity index (χ0n) is 14.1. The number of halogens is 1. The third kappa shape index (κ3) is 3.92.